The van der Waals surface area contributed by atoms with Crippen LogP contribution in [0.4, 0.5) is 11.4 Å². The van der Waals surface area contributed by atoms with Crippen LogP contribution in [0.1, 0.15) is 19.8 Å². The standard InChI is InChI=1S/C12H12BrNO3.C10H9Br2NO/c1-8(15)17-11-6-7-14(12(11)16)10-4-2-9(13)3-5-10;11-7-1-3-8(4-2-7)13-6-5-9(12)10(13)14/h2-5,11H,6-7H2,1H3;1-4,9H,5-6H2. The summed E-state index contributed by atoms with van der Waals surface area (Å²) in [5, 5.41) is 0. The average Bonchev–Trinajstić information content (AvgIpc) is 3.26. The number of ether oxygens (including phenoxy) is 1. The number of carbonyl (C=O) groups excluding carboxylic acids is 3. The van der Waals surface area contributed by atoms with Gasteiger partial charge in [0.2, 0.25) is 5.91 Å². The first-order chi connectivity index (χ1) is 14.8. The van der Waals surface area contributed by atoms with E-state index in [1.54, 1.807) is 4.90 Å². The molecule has 4 rings (SSSR count). The maximum absolute atomic E-state index is 12.0. The summed E-state index contributed by atoms with van der Waals surface area (Å²) in [4.78, 5) is 37.9. The molecule has 9 heteroatoms. The Kier molecular flexibility index (Phi) is 8.30. The largest absolute Gasteiger partial charge is 0.452 e. The third kappa shape index (κ3) is 6.17. The van der Waals surface area contributed by atoms with Crippen molar-refractivity contribution >= 4 is 76.9 Å². The lowest BCUT2D eigenvalue weighted by atomic mass is 10.3. The second kappa shape index (κ2) is 10.7. The summed E-state index contributed by atoms with van der Waals surface area (Å²) in [6.45, 7) is 2.70. The lowest BCUT2D eigenvalue weighted by molar-refractivity contribution is -0.151. The average molecular weight is 617 g/mol. The third-order valence-corrected chi connectivity index (χ3v) is 6.79. The first kappa shape index (κ1) is 23.9. The predicted molar refractivity (Wildman–Crippen MR) is 130 cm³/mol. The molecule has 6 nitrogen and oxygen atoms in total. The molecule has 2 unspecified atom stereocenters. The van der Waals surface area contributed by atoms with E-state index in [9.17, 15) is 14.4 Å². The highest BCUT2D eigenvalue weighted by Crippen LogP contribution is 2.27. The topological polar surface area (TPSA) is 66.9 Å². The minimum Gasteiger partial charge on any atom is -0.452 e. The second-order valence-electron chi connectivity index (χ2n) is 7.08. The number of rotatable bonds is 3. The Balaban J connectivity index is 0.000000179. The van der Waals surface area contributed by atoms with E-state index in [-0.39, 0.29) is 16.6 Å². The Bertz CT molecular complexity index is 950. The number of benzene rings is 2. The smallest absolute Gasteiger partial charge is 0.303 e. The molecule has 0 radical (unpaired) electrons. The van der Waals surface area contributed by atoms with E-state index in [4.69, 9.17) is 4.74 Å². The number of halogens is 3. The van der Waals surface area contributed by atoms with Gasteiger partial charge in [-0.15, -0.1) is 0 Å². The van der Waals surface area contributed by atoms with Crippen molar-refractivity contribution in [3.8, 4) is 0 Å². The van der Waals surface area contributed by atoms with Crippen molar-refractivity contribution in [2.45, 2.75) is 30.7 Å². The van der Waals surface area contributed by atoms with Crippen molar-refractivity contribution < 1.29 is 19.1 Å². The third-order valence-electron chi connectivity index (χ3n) is 4.88. The molecule has 0 aliphatic carbocycles. The molecule has 0 spiro atoms. The first-order valence-electron chi connectivity index (χ1n) is 9.71. The zero-order valence-electron chi connectivity index (χ0n) is 16.8. The zero-order valence-corrected chi connectivity index (χ0v) is 21.5. The molecule has 0 aromatic heterocycles. The van der Waals surface area contributed by atoms with Crippen LogP contribution in [0.3, 0.4) is 0 Å². The van der Waals surface area contributed by atoms with Gasteiger partial charge < -0.3 is 14.5 Å². The van der Waals surface area contributed by atoms with Gasteiger partial charge in [-0.1, -0.05) is 47.8 Å². The highest BCUT2D eigenvalue weighted by atomic mass is 79.9. The monoisotopic (exact) mass is 614 g/mol. The van der Waals surface area contributed by atoms with Crippen LogP contribution in [-0.4, -0.2) is 41.8 Å². The molecule has 2 saturated heterocycles. The molecule has 164 valence electrons. The van der Waals surface area contributed by atoms with E-state index in [0.29, 0.717) is 13.0 Å². The minimum atomic E-state index is -0.629. The maximum atomic E-state index is 12.0. The zero-order chi connectivity index (χ0) is 22.5. The Hall–Kier alpha value is -1.71. The van der Waals surface area contributed by atoms with Crippen molar-refractivity contribution in [1.82, 2.24) is 0 Å². The van der Waals surface area contributed by atoms with Crippen LogP contribution in [-0.2, 0) is 19.1 Å². The van der Waals surface area contributed by atoms with Crippen LogP contribution in [0.15, 0.2) is 57.5 Å². The van der Waals surface area contributed by atoms with Crippen molar-refractivity contribution in [2.75, 3.05) is 22.9 Å². The number of hydrogen-bond donors (Lipinski definition) is 0. The molecule has 2 atom stereocenters. The Morgan fingerprint density at radius 2 is 1.29 bits per heavy atom. The van der Waals surface area contributed by atoms with Crippen LogP contribution in [0, 0.1) is 0 Å². The number of amides is 2. The van der Waals surface area contributed by atoms with Gasteiger partial charge in [0.1, 0.15) is 0 Å². The van der Waals surface area contributed by atoms with Crippen molar-refractivity contribution in [3.63, 3.8) is 0 Å². The molecule has 2 aromatic rings. The highest BCUT2D eigenvalue weighted by molar-refractivity contribution is 9.10. The number of carbonyl (C=O) groups is 3. The van der Waals surface area contributed by atoms with E-state index in [1.165, 1.54) is 6.92 Å². The van der Waals surface area contributed by atoms with Gasteiger partial charge in [0.05, 0.1) is 4.83 Å². The van der Waals surface area contributed by atoms with Gasteiger partial charge in [-0.3, -0.25) is 14.4 Å². The fourth-order valence-corrected chi connectivity index (χ4v) is 4.34. The number of anilines is 2. The fraction of sp³-hybridized carbons (Fsp3) is 0.318. The second-order valence-corrected chi connectivity index (χ2v) is 10.0. The quantitative estimate of drug-likeness (QED) is 0.357. The van der Waals surface area contributed by atoms with Crippen LogP contribution in [0.25, 0.3) is 0 Å². The lowest BCUT2D eigenvalue weighted by Gasteiger charge is -2.16. The molecule has 0 bridgehead atoms. The van der Waals surface area contributed by atoms with Crippen molar-refractivity contribution in [1.29, 1.82) is 0 Å². The van der Waals surface area contributed by atoms with E-state index < -0.39 is 12.1 Å². The highest BCUT2D eigenvalue weighted by Gasteiger charge is 2.34. The molecular weight excluding hydrogens is 596 g/mol. The van der Waals surface area contributed by atoms with Crippen LogP contribution >= 0.6 is 47.8 Å². The SMILES string of the molecule is CC(=O)OC1CCN(c2ccc(Br)cc2)C1=O.O=C1C(Br)CCN1c1ccc(Br)cc1. The van der Waals surface area contributed by atoms with E-state index in [2.05, 4.69) is 47.8 Å². The van der Waals surface area contributed by atoms with Gasteiger partial charge in [-0.25, -0.2) is 0 Å². The Morgan fingerprint density at radius 1 is 0.839 bits per heavy atom. The number of alkyl halides is 1. The summed E-state index contributed by atoms with van der Waals surface area (Å²) in [5.41, 5.74) is 1.80. The minimum absolute atomic E-state index is 0.00820. The lowest BCUT2D eigenvalue weighted by Crippen LogP contribution is -2.31. The van der Waals surface area contributed by atoms with Gasteiger partial charge in [0.25, 0.3) is 5.91 Å². The maximum Gasteiger partial charge on any atom is 0.303 e. The molecule has 2 heterocycles. The molecule has 0 N–H and O–H groups in total. The summed E-state index contributed by atoms with van der Waals surface area (Å²) in [6.07, 6.45) is 0.805. The number of esters is 1. The summed E-state index contributed by atoms with van der Waals surface area (Å²) in [6, 6.07) is 15.3. The van der Waals surface area contributed by atoms with Crippen LogP contribution in [0.5, 0.6) is 0 Å². The summed E-state index contributed by atoms with van der Waals surface area (Å²) < 4.78 is 6.95. The molecule has 31 heavy (non-hydrogen) atoms. The molecule has 2 aliphatic heterocycles. The number of hydrogen-bond acceptors (Lipinski definition) is 4. The van der Waals surface area contributed by atoms with Crippen LogP contribution in [0.2, 0.25) is 0 Å². The molecular formula is C22H21Br3N2O4. The Morgan fingerprint density at radius 3 is 1.71 bits per heavy atom. The fourth-order valence-electron chi connectivity index (χ4n) is 3.36. The van der Waals surface area contributed by atoms with E-state index >= 15 is 0 Å². The van der Waals surface area contributed by atoms with Crippen molar-refractivity contribution in [3.05, 3.63) is 57.5 Å². The van der Waals surface area contributed by atoms with Gasteiger partial charge >= 0.3 is 5.97 Å². The van der Waals surface area contributed by atoms with Gasteiger partial charge in [-0.05, 0) is 55.0 Å². The van der Waals surface area contributed by atoms with E-state index in [1.807, 2.05) is 53.4 Å². The van der Waals surface area contributed by atoms with Gasteiger partial charge in [-0.2, -0.15) is 0 Å². The Labute approximate surface area is 206 Å². The summed E-state index contributed by atoms with van der Waals surface area (Å²) in [5.74, 6) is -0.407. The van der Waals surface area contributed by atoms with Crippen molar-refractivity contribution in [2.24, 2.45) is 0 Å². The van der Waals surface area contributed by atoms with Gasteiger partial charge in [0, 0.05) is 46.8 Å². The normalized spacial score (nSPS) is 20.5. The molecule has 2 amide bonds. The summed E-state index contributed by atoms with van der Waals surface area (Å²) >= 11 is 10.1. The molecule has 2 aromatic carbocycles. The molecule has 2 aliphatic rings. The first-order valence-corrected chi connectivity index (χ1v) is 12.2. The predicted octanol–water partition coefficient (Wildman–Crippen LogP) is 5.07. The molecule has 2 fully saturated rings. The molecule has 0 saturated carbocycles. The van der Waals surface area contributed by atoms with Gasteiger partial charge in [0.15, 0.2) is 6.10 Å². The number of nitrogens with zero attached hydrogens (tertiary/aromatic N) is 2. The van der Waals surface area contributed by atoms with E-state index in [0.717, 1.165) is 33.3 Å². The summed E-state index contributed by atoms with van der Waals surface area (Å²) in [7, 11) is 0. The van der Waals surface area contributed by atoms with Crippen LogP contribution < -0.4 is 9.80 Å².